The molecule has 1 rings (SSSR count). The van der Waals surface area contributed by atoms with Gasteiger partial charge < -0.3 is 10.1 Å². The van der Waals surface area contributed by atoms with E-state index in [4.69, 9.17) is 4.74 Å². The zero-order valence-electron chi connectivity index (χ0n) is 13.4. The van der Waals surface area contributed by atoms with Gasteiger partial charge in [-0.1, -0.05) is 39.8 Å². The Kier molecular flexibility index (Phi) is 6.47. The van der Waals surface area contributed by atoms with Crippen molar-refractivity contribution < 1.29 is 9.13 Å². The van der Waals surface area contributed by atoms with Crippen molar-refractivity contribution in [2.45, 2.75) is 40.5 Å². The van der Waals surface area contributed by atoms with Gasteiger partial charge in [0, 0.05) is 6.54 Å². The minimum atomic E-state index is -0.225. The number of nitrogens with one attached hydrogen (secondary N) is 1. The van der Waals surface area contributed by atoms with Crippen LogP contribution in [0.15, 0.2) is 18.2 Å². The third-order valence-corrected chi connectivity index (χ3v) is 4.21. The highest BCUT2D eigenvalue weighted by atomic mass is 19.1. The van der Waals surface area contributed by atoms with Crippen LogP contribution in [0.4, 0.5) is 4.39 Å². The molecular formula is C17H28FNO. The fraction of sp³-hybridized carbons (Fsp3) is 0.647. The molecule has 0 saturated heterocycles. The summed E-state index contributed by atoms with van der Waals surface area (Å²) in [5.41, 5.74) is 0.765. The zero-order chi connectivity index (χ0) is 15.2. The summed E-state index contributed by atoms with van der Waals surface area (Å²) in [5, 5.41) is 3.47. The lowest BCUT2D eigenvalue weighted by molar-refractivity contribution is 0.205. The van der Waals surface area contributed by atoms with Gasteiger partial charge in [-0.2, -0.15) is 0 Å². The van der Waals surface area contributed by atoms with Crippen LogP contribution >= 0.6 is 0 Å². The largest absolute Gasteiger partial charge is 0.494 e. The molecule has 114 valence electrons. The molecule has 0 aliphatic rings. The average Bonchev–Trinajstić information content (AvgIpc) is 2.41. The van der Waals surface area contributed by atoms with Crippen molar-refractivity contribution in [2.75, 3.05) is 20.2 Å². The second-order valence-electron chi connectivity index (χ2n) is 6.10. The topological polar surface area (TPSA) is 21.3 Å². The van der Waals surface area contributed by atoms with E-state index < -0.39 is 0 Å². The molecular weight excluding hydrogens is 253 g/mol. The lowest BCUT2D eigenvalue weighted by Crippen LogP contribution is -2.38. The van der Waals surface area contributed by atoms with E-state index in [1.807, 2.05) is 12.1 Å². The summed E-state index contributed by atoms with van der Waals surface area (Å²) < 4.78 is 19.4. The van der Waals surface area contributed by atoms with E-state index in [0.717, 1.165) is 25.1 Å². The molecule has 2 nitrogen and oxygen atoms in total. The standard InChI is InChI=1S/C17H28FNO/c1-6-10-19-12-17(4,13(2)3)11-14-8-7-9-15(20-5)16(14)18/h7-9,13,19H,6,10-12H2,1-5H3. The molecule has 1 unspecified atom stereocenters. The number of benzene rings is 1. The summed E-state index contributed by atoms with van der Waals surface area (Å²) in [6.45, 7) is 10.7. The molecule has 0 radical (unpaired) electrons. The summed E-state index contributed by atoms with van der Waals surface area (Å²) in [5.74, 6) is 0.574. The van der Waals surface area contributed by atoms with E-state index >= 15 is 0 Å². The van der Waals surface area contributed by atoms with Crippen LogP contribution < -0.4 is 10.1 Å². The molecule has 0 aromatic heterocycles. The highest BCUT2D eigenvalue weighted by Crippen LogP contribution is 2.33. The van der Waals surface area contributed by atoms with Crippen molar-refractivity contribution in [3.05, 3.63) is 29.6 Å². The Bertz CT molecular complexity index is 419. The van der Waals surface area contributed by atoms with Gasteiger partial charge in [-0.05, 0) is 42.3 Å². The third kappa shape index (κ3) is 4.20. The summed E-state index contributed by atoms with van der Waals surface area (Å²) in [7, 11) is 1.51. The second-order valence-corrected chi connectivity index (χ2v) is 6.10. The van der Waals surface area contributed by atoms with Gasteiger partial charge in [0.25, 0.3) is 0 Å². The summed E-state index contributed by atoms with van der Waals surface area (Å²) >= 11 is 0. The van der Waals surface area contributed by atoms with Crippen LogP contribution in [0.25, 0.3) is 0 Å². The maximum Gasteiger partial charge on any atom is 0.168 e. The Labute approximate surface area is 122 Å². The lowest BCUT2D eigenvalue weighted by atomic mass is 9.74. The van der Waals surface area contributed by atoms with E-state index in [0.29, 0.717) is 18.1 Å². The van der Waals surface area contributed by atoms with Gasteiger partial charge in [-0.25, -0.2) is 4.39 Å². The monoisotopic (exact) mass is 281 g/mol. The Morgan fingerprint density at radius 2 is 2.05 bits per heavy atom. The number of methoxy groups -OCH3 is 1. The second kappa shape index (κ2) is 7.63. The van der Waals surface area contributed by atoms with Crippen LogP contribution in [-0.2, 0) is 6.42 Å². The van der Waals surface area contributed by atoms with Crippen LogP contribution in [0, 0.1) is 17.2 Å². The number of hydrogen-bond donors (Lipinski definition) is 1. The quantitative estimate of drug-likeness (QED) is 0.726. The van der Waals surface area contributed by atoms with Gasteiger partial charge in [0.2, 0.25) is 0 Å². The van der Waals surface area contributed by atoms with Crippen molar-refractivity contribution in [1.82, 2.24) is 5.32 Å². The molecule has 1 aromatic carbocycles. The molecule has 0 fully saturated rings. The first-order valence-corrected chi connectivity index (χ1v) is 7.46. The van der Waals surface area contributed by atoms with Gasteiger partial charge in [-0.3, -0.25) is 0 Å². The van der Waals surface area contributed by atoms with Crippen molar-refractivity contribution in [3.8, 4) is 5.75 Å². The Hall–Kier alpha value is -1.09. The average molecular weight is 281 g/mol. The van der Waals surface area contributed by atoms with Crippen molar-refractivity contribution in [1.29, 1.82) is 0 Å². The first-order chi connectivity index (χ1) is 9.44. The molecule has 0 saturated carbocycles. The maximum absolute atomic E-state index is 14.3. The lowest BCUT2D eigenvalue weighted by Gasteiger charge is -2.34. The highest BCUT2D eigenvalue weighted by Gasteiger charge is 2.29. The summed E-state index contributed by atoms with van der Waals surface area (Å²) in [4.78, 5) is 0. The number of ether oxygens (including phenoxy) is 1. The fourth-order valence-electron chi connectivity index (χ4n) is 2.31. The molecule has 3 heteroatoms. The predicted octanol–water partition coefficient (Wildman–Crippen LogP) is 4.04. The molecule has 1 N–H and O–H groups in total. The number of hydrogen-bond acceptors (Lipinski definition) is 2. The van der Waals surface area contributed by atoms with Gasteiger partial charge >= 0.3 is 0 Å². The van der Waals surface area contributed by atoms with Gasteiger partial charge in [0.1, 0.15) is 0 Å². The summed E-state index contributed by atoms with van der Waals surface area (Å²) in [6.07, 6.45) is 1.83. The number of rotatable bonds is 8. The third-order valence-electron chi connectivity index (χ3n) is 4.21. The van der Waals surface area contributed by atoms with Gasteiger partial charge in [-0.15, -0.1) is 0 Å². The van der Waals surface area contributed by atoms with Gasteiger partial charge in [0.05, 0.1) is 7.11 Å². The molecule has 20 heavy (non-hydrogen) atoms. The Morgan fingerprint density at radius 1 is 1.35 bits per heavy atom. The zero-order valence-corrected chi connectivity index (χ0v) is 13.4. The SMILES string of the molecule is CCCNCC(C)(Cc1cccc(OC)c1F)C(C)C. The Morgan fingerprint density at radius 3 is 2.60 bits per heavy atom. The van der Waals surface area contributed by atoms with Crippen LogP contribution in [0.1, 0.15) is 39.7 Å². The Balaban J connectivity index is 2.90. The molecule has 1 atom stereocenters. The summed E-state index contributed by atoms with van der Waals surface area (Å²) in [6, 6.07) is 5.39. The van der Waals surface area contributed by atoms with Crippen LogP contribution in [0.3, 0.4) is 0 Å². The first-order valence-electron chi connectivity index (χ1n) is 7.46. The maximum atomic E-state index is 14.3. The molecule has 0 heterocycles. The van der Waals surface area contributed by atoms with Crippen molar-refractivity contribution in [2.24, 2.45) is 11.3 Å². The fourth-order valence-corrected chi connectivity index (χ4v) is 2.31. The van der Waals surface area contributed by atoms with E-state index in [1.165, 1.54) is 7.11 Å². The molecule has 0 aliphatic carbocycles. The number of halogens is 1. The van der Waals surface area contributed by atoms with E-state index in [2.05, 4.69) is 33.0 Å². The van der Waals surface area contributed by atoms with E-state index in [-0.39, 0.29) is 11.2 Å². The van der Waals surface area contributed by atoms with Crippen LogP contribution in [-0.4, -0.2) is 20.2 Å². The van der Waals surface area contributed by atoms with Crippen molar-refractivity contribution >= 4 is 0 Å². The normalized spacial score (nSPS) is 14.3. The minimum Gasteiger partial charge on any atom is -0.494 e. The highest BCUT2D eigenvalue weighted by molar-refractivity contribution is 5.31. The van der Waals surface area contributed by atoms with E-state index in [1.54, 1.807) is 6.07 Å². The first kappa shape index (κ1) is 17.0. The molecule has 1 aromatic rings. The minimum absolute atomic E-state index is 0.0301. The van der Waals surface area contributed by atoms with Crippen LogP contribution in [0.2, 0.25) is 0 Å². The van der Waals surface area contributed by atoms with Gasteiger partial charge in [0.15, 0.2) is 11.6 Å². The van der Waals surface area contributed by atoms with E-state index in [9.17, 15) is 4.39 Å². The van der Waals surface area contributed by atoms with Crippen molar-refractivity contribution in [3.63, 3.8) is 0 Å². The van der Waals surface area contributed by atoms with Crippen LogP contribution in [0.5, 0.6) is 5.75 Å². The molecule has 0 amide bonds. The molecule has 0 spiro atoms. The smallest absolute Gasteiger partial charge is 0.168 e. The molecule has 0 aliphatic heterocycles. The predicted molar refractivity (Wildman–Crippen MR) is 82.8 cm³/mol. The molecule has 0 bridgehead atoms.